The molecular weight excluding hydrogens is 352 g/mol. The quantitative estimate of drug-likeness (QED) is 0.593. The van der Waals surface area contributed by atoms with Gasteiger partial charge in [-0.3, -0.25) is 4.79 Å². The molecule has 28 heavy (non-hydrogen) atoms. The molecule has 2 aromatic carbocycles. The van der Waals surface area contributed by atoms with Crippen LogP contribution in [-0.4, -0.2) is 22.7 Å². The zero-order valence-corrected chi connectivity index (χ0v) is 16.1. The minimum absolute atomic E-state index is 0.171. The average Bonchev–Trinajstić information content (AvgIpc) is 2.71. The molecule has 0 fully saturated rings. The highest BCUT2D eigenvalue weighted by Gasteiger charge is 2.06. The number of hydrogen-bond donors (Lipinski definition) is 2. The number of amides is 1. The van der Waals surface area contributed by atoms with Gasteiger partial charge in [-0.15, -0.1) is 10.2 Å². The second-order valence-electron chi connectivity index (χ2n) is 6.67. The summed E-state index contributed by atoms with van der Waals surface area (Å²) in [4.78, 5) is 12.0. The molecule has 3 aromatic rings. The Bertz CT molecular complexity index is 879. The molecule has 1 amide bonds. The number of anilines is 3. The normalized spacial score (nSPS) is 10.5. The van der Waals surface area contributed by atoms with Gasteiger partial charge in [-0.05, 0) is 47.9 Å². The first-order valence-electron chi connectivity index (χ1n) is 9.28. The second-order valence-corrected chi connectivity index (χ2v) is 6.67. The number of rotatable bonds is 8. The summed E-state index contributed by atoms with van der Waals surface area (Å²) in [5.41, 5.74) is 2.22. The SMILES string of the molecule is CC(C)c1ccc(Nc2ccc(NC(=O)CCOc3ccccc3)nn2)cc1. The predicted octanol–water partition coefficient (Wildman–Crippen LogP) is 4.75. The molecule has 0 aliphatic rings. The highest BCUT2D eigenvalue weighted by atomic mass is 16.5. The molecule has 1 aromatic heterocycles. The fraction of sp³-hybridized carbons (Fsp3) is 0.227. The standard InChI is InChI=1S/C22H24N4O2/c1-16(2)17-8-10-18(11-9-17)23-20-12-13-21(26-25-20)24-22(27)14-15-28-19-6-4-3-5-7-19/h3-13,16H,14-15H2,1-2H3,(H,23,25)(H,24,26,27). The van der Waals surface area contributed by atoms with Gasteiger partial charge in [0.05, 0.1) is 13.0 Å². The topological polar surface area (TPSA) is 76.1 Å². The number of benzene rings is 2. The molecule has 0 bridgehead atoms. The number of hydrogen-bond acceptors (Lipinski definition) is 5. The van der Waals surface area contributed by atoms with Crippen molar-refractivity contribution in [2.24, 2.45) is 0 Å². The summed E-state index contributed by atoms with van der Waals surface area (Å²) < 4.78 is 5.52. The molecule has 0 saturated carbocycles. The lowest BCUT2D eigenvalue weighted by atomic mass is 10.0. The van der Waals surface area contributed by atoms with Crippen LogP contribution in [0.3, 0.4) is 0 Å². The summed E-state index contributed by atoms with van der Waals surface area (Å²) in [6, 6.07) is 21.1. The number of para-hydroxylation sites is 1. The number of aromatic nitrogens is 2. The molecule has 0 atom stereocenters. The van der Waals surface area contributed by atoms with Gasteiger partial charge in [0.15, 0.2) is 11.6 Å². The minimum Gasteiger partial charge on any atom is -0.493 e. The maximum atomic E-state index is 12.0. The summed E-state index contributed by atoms with van der Waals surface area (Å²) in [5, 5.41) is 14.1. The number of nitrogens with zero attached hydrogens (tertiary/aromatic N) is 2. The van der Waals surface area contributed by atoms with Gasteiger partial charge in [-0.1, -0.05) is 44.2 Å². The first-order valence-corrected chi connectivity index (χ1v) is 9.28. The fourth-order valence-corrected chi connectivity index (χ4v) is 2.55. The summed E-state index contributed by atoms with van der Waals surface area (Å²) in [7, 11) is 0. The summed E-state index contributed by atoms with van der Waals surface area (Å²) in [6.07, 6.45) is 0.235. The van der Waals surface area contributed by atoms with Crippen LogP contribution in [0.1, 0.15) is 31.7 Å². The largest absolute Gasteiger partial charge is 0.493 e. The van der Waals surface area contributed by atoms with Crippen molar-refractivity contribution in [1.82, 2.24) is 10.2 Å². The van der Waals surface area contributed by atoms with Crippen molar-refractivity contribution in [3.05, 3.63) is 72.3 Å². The third-order valence-electron chi connectivity index (χ3n) is 4.12. The molecule has 3 rings (SSSR count). The molecule has 1 heterocycles. The summed E-state index contributed by atoms with van der Waals surface area (Å²) >= 11 is 0. The van der Waals surface area contributed by atoms with Gasteiger partial charge in [-0.25, -0.2) is 0 Å². The van der Waals surface area contributed by atoms with E-state index in [1.165, 1.54) is 5.56 Å². The van der Waals surface area contributed by atoms with Gasteiger partial charge in [0, 0.05) is 5.69 Å². The van der Waals surface area contributed by atoms with Crippen molar-refractivity contribution in [2.45, 2.75) is 26.2 Å². The Kier molecular flexibility index (Phi) is 6.57. The monoisotopic (exact) mass is 376 g/mol. The predicted molar refractivity (Wildman–Crippen MR) is 111 cm³/mol. The summed E-state index contributed by atoms with van der Waals surface area (Å²) in [6.45, 7) is 4.62. The molecule has 0 aliphatic heterocycles. The highest BCUT2D eigenvalue weighted by molar-refractivity contribution is 5.89. The van der Waals surface area contributed by atoms with Gasteiger partial charge in [0.25, 0.3) is 0 Å². The van der Waals surface area contributed by atoms with Crippen LogP contribution in [0.5, 0.6) is 5.75 Å². The van der Waals surface area contributed by atoms with E-state index in [1.54, 1.807) is 12.1 Å². The Morgan fingerprint density at radius 2 is 1.61 bits per heavy atom. The molecule has 6 heteroatoms. The first-order chi connectivity index (χ1) is 13.6. The maximum absolute atomic E-state index is 12.0. The zero-order chi connectivity index (χ0) is 19.8. The Morgan fingerprint density at radius 3 is 2.25 bits per heavy atom. The molecule has 0 unspecified atom stereocenters. The number of ether oxygens (including phenoxy) is 1. The van der Waals surface area contributed by atoms with Crippen molar-refractivity contribution in [3.63, 3.8) is 0 Å². The fourth-order valence-electron chi connectivity index (χ4n) is 2.55. The van der Waals surface area contributed by atoms with Crippen LogP contribution >= 0.6 is 0 Å². The van der Waals surface area contributed by atoms with Crippen LogP contribution in [0.15, 0.2) is 66.7 Å². The first kappa shape index (κ1) is 19.4. The van der Waals surface area contributed by atoms with Crippen molar-refractivity contribution in [2.75, 3.05) is 17.2 Å². The van der Waals surface area contributed by atoms with Gasteiger partial charge in [0.1, 0.15) is 5.75 Å². The second kappa shape index (κ2) is 9.50. The Labute approximate surface area is 165 Å². The van der Waals surface area contributed by atoms with E-state index in [0.717, 1.165) is 11.4 Å². The van der Waals surface area contributed by atoms with Gasteiger partial charge in [0.2, 0.25) is 5.91 Å². The van der Waals surface area contributed by atoms with E-state index in [0.29, 0.717) is 24.2 Å². The molecule has 144 valence electrons. The molecular formula is C22H24N4O2. The van der Waals surface area contributed by atoms with Crippen LogP contribution in [0.25, 0.3) is 0 Å². The van der Waals surface area contributed by atoms with Crippen molar-refractivity contribution < 1.29 is 9.53 Å². The van der Waals surface area contributed by atoms with Crippen LogP contribution in [0.4, 0.5) is 17.3 Å². The lowest BCUT2D eigenvalue weighted by Crippen LogP contribution is -2.16. The molecule has 0 aliphatic carbocycles. The van der Waals surface area contributed by atoms with Crippen LogP contribution in [-0.2, 0) is 4.79 Å². The number of carbonyl (C=O) groups excluding carboxylic acids is 1. The lowest BCUT2D eigenvalue weighted by molar-refractivity contribution is -0.116. The zero-order valence-electron chi connectivity index (χ0n) is 16.1. The number of nitrogens with one attached hydrogen (secondary N) is 2. The van der Waals surface area contributed by atoms with Gasteiger partial charge >= 0.3 is 0 Å². The van der Waals surface area contributed by atoms with E-state index >= 15 is 0 Å². The van der Waals surface area contributed by atoms with E-state index < -0.39 is 0 Å². The van der Waals surface area contributed by atoms with E-state index in [-0.39, 0.29) is 12.3 Å². The Morgan fingerprint density at radius 1 is 0.929 bits per heavy atom. The van der Waals surface area contributed by atoms with E-state index in [2.05, 4.69) is 46.8 Å². The molecule has 2 N–H and O–H groups in total. The van der Waals surface area contributed by atoms with Crippen molar-refractivity contribution in [3.8, 4) is 5.75 Å². The van der Waals surface area contributed by atoms with Crippen LogP contribution in [0, 0.1) is 0 Å². The van der Waals surface area contributed by atoms with Gasteiger partial charge in [-0.2, -0.15) is 0 Å². The third kappa shape index (κ3) is 5.81. The number of carbonyl (C=O) groups is 1. The maximum Gasteiger partial charge on any atom is 0.229 e. The van der Waals surface area contributed by atoms with Crippen molar-refractivity contribution in [1.29, 1.82) is 0 Å². The Hall–Kier alpha value is -3.41. The van der Waals surface area contributed by atoms with E-state index in [9.17, 15) is 4.79 Å². The lowest BCUT2D eigenvalue weighted by Gasteiger charge is -2.09. The highest BCUT2D eigenvalue weighted by Crippen LogP contribution is 2.19. The molecule has 0 saturated heterocycles. The van der Waals surface area contributed by atoms with Crippen molar-refractivity contribution >= 4 is 23.2 Å². The van der Waals surface area contributed by atoms with E-state index in [4.69, 9.17) is 4.74 Å². The minimum atomic E-state index is -0.171. The molecule has 0 radical (unpaired) electrons. The Balaban J connectivity index is 1.46. The van der Waals surface area contributed by atoms with Crippen LogP contribution < -0.4 is 15.4 Å². The molecule has 0 spiro atoms. The average molecular weight is 376 g/mol. The van der Waals surface area contributed by atoms with Gasteiger partial charge < -0.3 is 15.4 Å². The third-order valence-corrected chi connectivity index (χ3v) is 4.12. The van der Waals surface area contributed by atoms with E-state index in [1.807, 2.05) is 42.5 Å². The smallest absolute Gasteiger partial charge is 0.229 e. The summed E-state index contributed by atoms with van der Waals surface area (Å²) in [5.74, 6) is 2.09. The van der Waals surface area contributed by atoms with Crippen LogP contribution in [0.2, 0.25) is 0 Å². The molecule has 6 nitrogen and oxygen atoms in total.